The molecule has 1 rings (SSSR count). The average Bonchev–Trinajstić information content (AvgIpc) is 2.51. The zero-order chi connectivity index (χ0) is 16.4. The van der Waals surface area contributed by atoms with Crippen molar-refractivity contribution in [2.24, 2.45) is 0 Å². The fourth-order valence-electron chi connectivity index (χ4n) is 1.95. The third-order valence-electron chi connectivity index (χ3n) is 2.96. The van der Waals surface area contributed by atoms with Gasteiger partial charge in [0.2, 0.25) is 0 Å². The summed E-state index contributed by atoms with van der Waals surface area (Å²) in [6.07, 6.45) is 1.59. The Bertz CT molecular complexity index is 481. The SMILES string of the molecule is C=C(C)C(=O)OCCCc1ccccc1[Si](OCC)OCC. The molecule has 0 fully saturated rings. The minimum absolute atomic E-state index is 0.332. The van der Waals surface area contributed by atoms with Crippen LogP contribution in [0.15, 0.2) is 36.4 Å². The second-order valence-corrected chi connectivity index (χ2v) is 6.52. The largest absolute Gasteiger partial charge is 0.462 e. The van der Waals surface area contributed by atoms with Crippen LogP contribution in [0, 0.1) is 0 Å². The lowest BCUT2D eigenvalue weighted by Gasteiger charge is -2.17. The molecule has 0 N–H and O–H groups in total. The molecule has 0 bridgehead atoms. The maximum atomic E-state index is 11.3. The van der Waals surface area contributed by atoms with Gasteiger partial charge in [-0.2, -0.15) is 0 Å². The third kappa shape index (κ3) is 6.13. The molecule has 0 atom stereocenters. The van der Waals surface area contributed by atoms with Gasteiger partial charge in [0.25, 0.3) is 0 Å². The summed E-state index contributed by atoms with van der Waals surface area (Å²) in [7, 11) is -1.44. The monoisotopic (exact) mass is 321 g/mol. The molecule has 0 aliphatic rings. The maximum absolute atomic E-state index is 11.3. The van der Waals surface area contributed by atoms with Crippen molar-refractivity contribution in [2.75, 3.05) is 19.8 Å². The molecule has 0 aromatic heterocycles. The van der Waals surface area contributed by atoms with E-state index in [0.717, 1.165) is 18.0 Å². The van der Waals surface area contributed by atoms with E-state index in [1.54, 1.807) is 6.92 Å². The predicted octanol–water partition coefficient (Wildman–Crippen LogP) is 2.51. The molecule has 0 unspecified atom stereocenters. The van der Waals surface area contributed by atoms with Crippen molar-refractivity contribution in [2.45, 2.75) is 33.6 Å². The van der Waals surface area contributed by atoms with E-state index in [-0.39, 0.29) is 5.97 Å². The third-order valence-corrected chi connectivity index (χ3v) is 4.99. The molecule has 0 heterocycles. The smallest absolute Gasteiger partial charge is 0.423 e. The molecule has 0 amide bonds. The van der Waals surface area contributed by atoms with E-state index in [9.17, 15) is 4.79 Å². The van der Waals surface area contributed by atoms with Gasteiger partial charge in [-0.15, -0.1) is 0 Å². The van der Waals surface area contributed by atoms with E-state index >= 15 is 0 Å². The summed E-state index contributed by atoms with van der Waals surface area (Å²) in [6.45, 7) is 10.8. The molecule has 4 nitrogen and oxygen atoms in total. The van der Waals surface area contributed by atoms with Gasteiger partial charge in [-0.1, -0.05) is 30.8 Å². The molecule has 0 saturated heterocycles. The van der Waals surface area contributed by atoms with Gasteiger partial charge in [-0.25, -0.2) is 4.79 Å². The van der Waals surface area contributed by atoms with Crippen molar-refractivity contribution in [1.82, 2.24) is 0 Å². The number of aryl methyl sites for hydroxylation is 1. The fourth-order valence-corrected chi connectivity index (χ4v) is 3.57. The van der Waals surface area contributed by atoms with Crippen molar-refractivity contribution in [1.29, 1.82) is 0 Å². The molecule has 1 radical (unpaired) electrons. The first-order chi connectivity index (χ1) is 10.6. The highest BCUT2D eigenvalue weighted by Crippen LogP contribution is 2.05. The van der Waals surface area contributed by atoms with Gasteiger partial charge in [-0.05, 0) is 44.4 Å². The highest BCUT2D eigenvalue weighted by Gasteiger charge is 2.21. The van der Waals surface area contributed by atoms with Gasteiger partial charge in [-0.3, -0.25) is 0 Å². The van der Waals surface area contributed by atoms with Crippen LogP contribution in [-0.2, 0) is 24.8 Å². The zero-order valence-electron chi connectivity index (χ0n) is 13.7. The Morgan fingerprint density at radius 3 is 2.41 bits per heavy atom. The molecular weight excluding hydrogens is 296 g/mol. The summed E-state index contributed by atoms with van der Waals surface area (Å²) in [6, 6.07) is 8.16. The number of hydrogen-bond donors (Lipinski definition) is 0. The normalized spacial score (nSPS) is 10.7. The number of ether oxygens (including phenoxy) is 1. The molecule has 1 aromatic carbocycles. The Labute approximate surface area is 134 Å². The van der Waals surface area contributed by atoms with Crippen LogP contribution in [0.2, 0.25) is 0 Å². The van der Waals surface area contributed by atoms with Crippen LogP contribution >= 0.6 is 0 Å². The van der Waals surface area contributed by atoms with Gasteiger partial charge in [0.15, 0.2) is 0 Å². The topological polar surface area (TPSA) is 44.8 Å². The van der Waals surface area contributed by atoms with Crippen LogP contribution < -0.4 is 5.19 Å². The summed E-state index contributed by atoms with van der Waals surface area (Å²) in [5, 5.41) is 1.14. The molecule has 121 valence electrons. The van der Waals surface area contributed by atoms with Gasteiger partial charge >= 0.3 is 15.3 Å². The van der Waals surface area contributed by atoms with Crippen molar-refractivity contribution in [3.05, 3.63) is 42.0 Å². The quantitative estimate of drug-likeness (QED) is 0.287. The first-order valence-corrected chi connectivity index (χ1v) is 8.95. The molecule has 5 heteroatoms. The van der Waals surface area contributed by atoms with E-state index in [1.165, 1.54) is 5.56 Å². The van der Waals surface area contributed by atoms with Crippen LogP contribution in [0.4, 0.5) is 0 Å². The zero-order valence-corrected chi connectivity index (χ0v) is 14.7. The van der Waals surface area contributed by atoms with Crippen LogP contribution in [-0.4, -0.2) is 35.1 Å². The van der Waals surface area contributed by atoms with Crippen molar-refractivity contribution in [3.63, 3.8) is 0 Å². The molecule has 0 spiro atoms. The second kappa shape index (κ2) is 10.3. The van der Waals surface area contributed by atoms with Crippen molar-refractivity contribution in [3.8, 4) is 0 Å². The predicted molar refractivity (Wildman–Crippen MR) is 89.2 cm³/mol. The number of carbonyl (C=O) groups is 1. The van der Waals surface area contributed by atoms with E-state index in [2.05, 4.69) is 18.7 Å². The minimum atomic E-state index is -1.44. The first kappa shape index (κ1) is 18.6. The van der Waals surface area contributed by atoms with Crippen LogP contribution in [0.3, 0.4) is 0 Å². The van der Waals surface area contributed by atoms with Gasteiger partial charge in [0.05, 0.1) is 6.61 Å². The Balaban J connectivity index is 2.63. The first-order valence-electron chi connectivity index (χ1n) is 7.63. The average molecular weight is 321 g/mol. The lowest BCUT2D eigenvalue weighted by Crippen LogP contribution is -2.39. The molecule has 0 saturated carbocycles. The number of hydrogen-bond acceptors (Lipinski definition) is 4. The molecular formula is C17H25O4Si. The van der Waals surface area contributed by atoms with E-state index in [1.807, 2.05) is 26.0 Å². The summed E-state index contributed by atoms with van der Waals surface area (Å²) in [4.78, 5) is 11.3. The van der Waals surface area contributed by atoms with Crippen molar-refractivity contribution < 1.29 is 18.4 Å². The Morgan fingerprint density at radius 1 is 1.18 bits per heavy atom. The Morgan fingerprint density at radius 2 is 1.82 bits per heavy atom. The highest BCUT2D eigenvalue weighted by molar-refractivity contribution is 6.61. The van der Waals surface area contributed by atoms with Crippen molar-refractivity contribution >= 4 is 20.4 Å². The Hall–Kier alpha value is -1.43. The standard InChI is InChI=1S/C17H25O4Si/c1-5-20-22(21-6-2)16-12-8-7-10-15(16)11-9-13-19-17(18)14(3)4/h7-8,10,12H,3,5-6,9,11,13H2,1-2,4H3. The molecule has 22 heavy (non-hydrogen) atoms. The van der Waals surface area contributed by atoms with Gasteiger partial charge in [0, 0.05) is 18.8 Å². The fraction of sp³-hybridized carbons (Fsp3) is 0.471. The molecule has 1 aromatic rings. The Kier molecular flexibility index (Phi) is 8.73. The summed E-state index contributed by atoms with van der Waals surface area (Å²) >= 11 is 0. The van der Waals surface area contributed by atoms with Crippen LogP contribution in [0.5, 0.6) is 0 Å². The van der Waals surface area contributed by atoms with Gasteiger partial charge < -0.3 is 13.6 Å². The maximum Gasteiger partial charge on any atom is 0.423 e. The summed E-state index contributed by atoms with van der Waals surface area (Å²) in [5.41, 5.74) is 1.63. The second-order valence-electron chi connectivity index (χ2n) is 4.83. The van der Waals surface area contributed by atoms with Crippen LogP contribution in [0.25, 0.3) is 0 Å². The number of esters is 1. The summed E-state index contributed by atoms with van der Waals surface area (Å²) < 4.78 is 16.7. The van der Waals surface area contributed by atoms with E-state index in [4.69, 9.17) is 13.6 Å². The van der Waals surface area contributed by atoms with E-state index in [0.29, 0.717) is 25.4 Å². The van der Waals surface area contributed by atoms with Crippen LogP contribution in [0.1, 0.15) is 32.8 Å². The summed E-state index contributed by atoms with van der Waals surface area (Å²) in [5.74, 6) is -0.332. The minimum Gasteiger partial charge on any atom is -0.462 e. The molecule has 0 aliphatic heterocycles. The lowest BCUT2D eigenvalue weighted by atomic mass is 10.1. The number of carbonyl (C=O) groups excluding carboxylic acids is 1. The number of rotatable bonds is 10. The number of benzene rings is 1. The van der Waals surface area contributed by atoms with E-state index < -0.39 is 9.28 Å². The highest BCUT2D eigenvalue weighted by atomic mass is 28.3. The lowest BCUT2D eigenvalue weighted by molar-refractivity contribution is -0.139. The van der Waals surface area contributed by atoms with Gasteiger partial charge in [0.1, 0.15) is 0 Å². The molecule has 0 aliphatic carbocycles.